The number of H-pyrrole nitrogens is 1. The second-order valence-corrected chi connectivity index (χ2v) is 3.57. The van der Waals surface area contributed by atoms with Gasteiger partial charge in [0.25, 0.3) is 0 Å². The zero-order chi connectivity index (χ0) is 9.35. The number of aryl methyl sites for hydroxylation is 2. The Hall–Kier alpha value is -0.830. The van der Waals surface area contributed by atoms with E-state index < -0.39 is 0 Å². The molecule has 3 heteroatoms. The van der Waals surface area contributed by atoms with Crippen molar-refractivity contribution in [2.75, 3.05) is 0 Å². The van der Waals surface area contributed by atoms with E-state index in [1.807, 2.05) is 20.8 Å². The number of hydrogen-bond donors (Lipinski definition) is 2. The van der Waals surface area contributed by atoms with E-state index in [9.17, 15) is 0 Å². The van der Waals surface area contributed by atoms with Crippen molar-refractivity contribution in [1.29, 1.82) is 0 Å². The summed E-state index contributed by atoms with van der Waals surface area (Å²) in [4.78, 5) is 7.57. The molecule has 0 radical (unpaired) electrons. The molecule has 0 saturated carbocycles. The van der Waals surface area contributed by atoms with Gasteiger partial charge in [-0.25, -0.2) is 4.98 Å². The first-order chi connectivity index (χ1) is 5.47. The maximum atomic E-state index is 6.03. The quantitative estimate of drug-likeness (QED) is 0.703. The molecule has 1 unspecified atom stereocenters. The van der Waals surface area contributed by atoms with Crippen molar-refractivity contribution in [2.45, 2.75) is 39.7 Å². The van der Waals surface area contributed by atoms with E-state index >= 15 is 0 Å². The highest BCUT2D eigenvalue weighted by Crippen LogP contribution is 2.19. The summed E-state index contributed by atoms with van der Waals surface area (Å²) in [5.74, 6) is 0.889. The fourth-order valence-corrected chi connectivity index (χ4v) is 0.985. The first-order valence-corrected chi connectivity index (χ1v) is 4.30. The van der Waals surface area contributed by atoms with Gasteiger partial charge in [-0.15, -0.1) is 0 Å². The molecule has 0 fully saturated rings. The number of hydrogen-bond acceptors (Lipinski definition) is 2. The lowest BCUT2D eigenvalue weighted by Crippen LogP contribution is -2.33. The molecule has 0 aliphatic heterocycles. The van der Waals surface area contributed by atoms with Crippen LogP contribution >= 0.6 is 0 Å². The zero-order valence-corrected chi connectivity index (χ0v) is 8.23. The number of nitrogens with zero attached hydrogens (tertiary/aromatic N) is 1. The maximum Gasteiger partial charge on any atom is 0.126 e. The van der Waals surface area contributed by atoms with Crippen LogP contribution < -0.4 is 5.73 Å². The average molecular weight is 167 g/mol. The Labute approximate surface area is 73.4 Å². The minimum atomic E-state index is -0.320. The Morgan fingerprint density at radius 2 is 2.08 bits per heavy atom. The van der Waals surface area contributed by atoms with E-state index in [-0.39, 0.29) is 5.54 Å². The molecule has 0 aromatic carbocycles. The molecular formula is C9H17N3. The van der Waals surface area contributed by atoms with Crippen LogP contribution in [0.3, 0.4) is 0 Å². The molecule has 68 valence electrons. The molecule has 0 spiro atoms. The summed E-state index contributed by atoms with van der Waals surface area (Å²) in [5, 5.41) is 0. The highest BCUT2D eigenvalue weighted by atomic mass is 15.0. The smallest absolute Gasteiger partial charge is 0.126 e. The molecule has 1 aromatic heterocycles. The van der Waals surface area contributed by atoms with Crippen LogP contribution in [-0.4, -0.2) is 9.97 Å². The van der Waals surface area contributed by atoms with Gasteiger partial charge in [0.15, 0.2) is 0 Å². The highest BCUT2D eigenvalue weighted by molar-refractivity contribution is 5.15. The van der Waals surface area contributed by atoms with Gasteiger partial charge in [-0.1, -0.05) is 6.92 Å². The summed E-state index contributed by atoms with van der Waals surface area (Å²) < 4.78 is 0. The minimum Gasteiger partial charge on any atom is -0.344 e. The molecule has 1 rings (SSSR count). The number of nitrogens with two attached hydrogens (primary N) is 1. The number of rotatable bonds is 2. The summed E-state index contributed by atoms with van der Waals surface area (Å²) in [7, 11) is 0. The number of aromatic nitrogens is 2. The first kappa shape index (κ1) is 9.26. The largest absolute Gasteiger partial charge is 0.344 e. The topological polar surface area (TPSA) is 54.7 Å². The lowest BCUT2D eigenvalue weighted by atomic mass is 10.0. The Balaban J connectivity index is 3.04. The summed E-state index contributed by atoms with van der Waals surface area (Å²) in [6, 6.07) is 0. The summed E-state index contributed by atoms with van der Waals surface area (Å²) in [5.41, 5.74) is 7.85. The van der Waals surface area contributed by atoms with Gasteiger partial charge in [0.2, 0.25) is 0 Å². The SMILES string of the molecule is CCC(C)(N)c1nc(C)c(C)[nH]1. The Morgan fingerprint density at radius 1 is 1.50 bits per heavy atom. The third kappa shape index (κ3) is 1.50. The Bertz CT molecular complexity index is 254. The average Bonchev–Trinajstić information content (AvgIpc) is 2.33. The van der Waals surface area contributed by atoms with Crippen molar-refractivity contribution in [1.82, 2.24) is 9.97 Å². The molecule has 1 aromatic rings. The van der Waals surface area contributed by atoms with E-state index in [1.54, 1.807) is 0 Å². The van der Waals surface area contributed by atoms with E-state index in [4.69, 9.17) is 5.73 Å². The number of aromatic amines is 1. The van der Waals surface area contributed by atoms with Crippen LogP contribution in [0.5, 0.6) is 0 Å². The number of imidazole rings is 1. The van der Waals surface area contributed by atoms with E-state index in [0.717, 1.165) is 23.6 Å². The monoisotopic (exact) mass is 167 g/mol. The Morgan fingerprint density at radius 3 is 2.42 bits per heavy atom. The van der Waals surface area contributed by atoms with Gasteiger partial charge in [0.1, 0.15) is 5.82 Å². The lowest BCUT2D eigenvalue weighted by Gasteiger charge is -2.19. The van der Waals surface area contributed by atoms with Crippen LogP contribution in [0.25, 0.3) is 0 Å². The van der Waals surface area contributed by atoms with Crippen LogP contribution in [0.15, 0.2) is 0 Å². The van der Waals surface area contributed by atoms with Gasteiger partial charge < -0.3 is 10.7 Å². The molecule has 0 saturated heterocycles. The van der Waals surface area contributed by atoms with Crippen molar-refractivity contribution in [3.05, 3.63) is 17.2 Å². The predicted molar refractivity (Wildman–Crippen MR) is 49.9 cm³/mol. The van der Waals surface area contributed by atoms with E-state index in [1.165, 1.54) is 0 Å². The normalized spacial score (nSPS) is 16.1. The van der Waals surface area contributed by atoms with Gasteiger partial charge in [0, 0.05) is 5.69 Å². The fourth-order valence-electron chi connectivity index (χ4n) is 0.985. The molecule has 0 aliphatic rings. The molecule has 1 atom stereocenters. The molecule has 12 heavy (non-hydrogen) atoms. The van der Waals surface area contributed by atoms with Gasteiger partial charge in [-0.3, -0.25) is 0 Å². The van der Waals surface area contributed by atoms with E-state index in [2.05, 4.69) is 16.9 Å². The predicted octanol–water partition coefficient (Wildman–Crippen LogP) is 1.61. The fraction of sp³-hybridized carbons (Fsp3) is 0.667. The van der Waals surface area contributed by atoms with Crippen molar-refractivity contribution >= 4 is 0 Å². The van der Waals surface area contributed by atoms with Crippen molar-refractivity contribution in [3.8, 4) is 0 Å². The second kappa shape index (κ2) is 2.90. The summed E-state index contributed by atoms with van der Waals surface area (Å²) in [6.45, 7) is 8.05. The standard InChI is InChI=1S/C9H17N3/c1-5-9(4,10)8-11-6(2)7(3)12-8/h5,10H2,1-4H3,(H,11,12). The van der Waals surface area contributed by atoms with Crippen molar-refractivity contribution < 1.29 is 0 Å². The third-order valence-corrected chi connectivity index (χ3v) is 2.40. The minimum absolute atomic E-state index is 0.320. The van der Waals surface area contributed by atoms with Gasteiger partial charge >= 0.3 is 0 Å². The molecule has 0 bridgehead atoms. The molecule has 0 aliphatic carbocycles. The molecule has 0 amide bonds. The van der Waals surface area contributed by atoms with Gasteiger partial charge in [-0.05, 0) is 27.2 Å². The molecule has 3 nitrogen and oxygen atoms in total. The highest BCUT2D eigenvalue weighted by Gasteiger charge is 2.22. The van der Waals surface area contributed by atoms with Crippen molar-refractivity contribution in [2.24, 2.45) is 5.73 Å². The van der Waals surface area contributed by atoms with E-state index in [0.29, 0.717) is 0 Å². The Kier molecular flexibility index (Phi) is 2.24. The molecule has 1 heterocycles. The van der Waals surface area contributed by atoms with Crippen LogP contribution in [-0.2, 0) is 5.54 Å². The lowest BCUT2D eigenvalue weighted by molar-refractivity contribution is 0.449. The summed E-state index contributed by atoms with van der Waals surface area (Å²) in [6.07, 6.45) is 0.888. The van der Waals surface area contributed by atoms with Gasteiger partial charge in [-0.2, -0.15) is 0 Å². The van der Waals surface area contributed by atoms with Crippen LogP contribution in [0.4, 0.5) is 0 Å². The number of nitrogens with one attached hydrogen (secondary N) is 1. The van der Waals surface area contributed by atoms with Gasteiger partial charge in [0.05, 0.1) is 11.2 Å². The molecule has 3 N–H and O–H groups in total. The second-order valence-electron chi connectivity index (χ2n) is 3.57. The van der Waals surface area contributed by atoms with Crippen LogP contribution in [0.2, 0.25) is 0 Å². The third-order valence-electron chi connectivity index (χ3n) is 2.40. The molecular weight excluding hydrogens is 150 g/mol. The van der Waals surface area contributed by atoms with Crippen molar-refractivity contribution in [3.63, 3.8) is 0 Å². The zero-order valence-electron chi connectivity index (χ0n) is 8.23. The van der Waals surface area contributed by atoms with Crippen LogP contribution in [0.1, 0.15) is 37.5 Å². The maximum absolute atomic E-state index is 6.03. The van der Waals surface area contributed by atoms with Crippen LogP contribution in [0, 0.1) is 13.8 Å². The summed E-state index contributed by atoms with van der Waals surface area (Å²) >= 11 is 0. The first-order valence-electron chi connectivity index (χ1n) is 4.30.